The molecule has 0 spiro atoms. The predicted octanol–water partition coefficient (Wildman–Crippen LogP) is 5.76. The summed E-state index contributed by atoms with van der Waals surface area (Å²) in [6.07, 6.45) is 2.96. The van der Waals surface area contributed by atoms with E-state index in [4.69, 9.17) is 16.0 Å². The molecule has 1 N–H and O–H groups in total. The number of anilines is 1. The number of hydrogen-bond acceptors (Lipinski definition) is 8. The number of nitrogens with one attached hydrogen (secondary N) is 1. The fourth-order valence-corrected chi connectivity index (χ4v) is 6.66. The summed E-state index contributed by atoms with van der Waals surface area (Å²) < 4.78 is 6.75. The van der Waals surface area contributed by atoms with E-state index >= 15 is 0 Å². The molecule has 3 aromatic heterocycles. The largest absolute Gasteiger partial charge is 0.410 e. The smallest absolute Gasteiger partial charge is 0.277 e. The van der Waals surface area contributed by atoms with Crippen LogP contribution >= 0.6 is 46.0 Å². The van der Waals surface area contributed by atoms with Gasteiger partial charge in [0.15, 0.2) is 0 Å². The number of amides is 1. The van der Waals surface area contributed by atoms with Gasteiger partial charge in [0, 0.05) is 15.0 Å². The molecule has 30 heavy (non-hydrogen) atoms. The highest BCUT2D eigenvalue weighted by Crippen LogP contribution is 2.42. The maximum atomic E-state index is 12.4. The highest BCUT2D eigenvalue weighted by molar-refractivity contribution is 7.99. The lowest BCUT2D eigenvalue weighted by molar-refractivity contribution is -0.113. The molecule has 1 aliphatic rings. The number of nitriles is 1. The van der Waals surface area contributed by atoms with Crippen molar-refractivity contribution in [1.82, 2.24) is 10.2 Å². The third-order valence-corrected chi connectivity index (χ3v) is 8.44. The van der Waals surface area contributed by atoms with Crippen molar-refractivity contribution in [3.8, 4) is 16.8 Å². The van der Waals surface area contributed by atoms with Crippen LogP contribution < -0.4 is 5.32 Å². The van der Waals surface area contributed by atoms with Gasteiger partial charge in [-0.1, -0.05) is 41.6 Å². The Hall–Kier alpha value is -2.38. The molecule has 0 atom stereocenters. The van der Waals surface area contributed by atoms with Crippen molar-refractivity contribution < 1.29 is 9.21 Å². The van der Waals surface area contributed by atoms with Crippen LogP contribution in [0.3, 0.4) is 0 Å². The third kappa shape index (κ3) is 3.50. The molecule has 5 rings (SSSR count). The number of thioether (sulfide) groups is 1. The minimum Gasteiger partial charge on any atom is -0.410 e. The number of aryl methyl sites for hydroxylation is 1. The first-order valence-corrected chi connectivity index (χ1v) is 12.1. The van der Waals surface area contributed by atoms with Crippen molar-refractivity contribution in [2.75, 3.05) is 11.1 Å². The number of carbonyl (C=O) groups is 1. The van der Waals surface area contributed by atoms with Crippen LogP contribution in [0.1, 0.15) is 22.4 Å². The minimum absolute atomic E-state index is 0.106. The summed E-state index contributed by atoms with van der Waals surface area (Å²) in [6.45, 7) is 0. The van der Waals surface area contributed by atoms with Gasteiger partial charge in [-0.2, -0.15) is 5.26 Å². The van der Waals surface area contributed by atoms with Gasteiger partial charge in [0.1, 0.15) is 15.9 Å². The molecule has 0 radical (unpaired) electrons. The first kappa shape index (κ1) is 19.6. The number of rotatable bonds is 5. The van der Waals surface area contributed by atoms with Crippen LogP contribution in [0.4, 0.5) is 5.00 Å². The highest BCUT2D eigenvalue weighted by atomic mass is 35.5. The van der Waals surface area contributed by atoms with E-state index < -0.39 is 0 Å². The second-order valence-corrected chi connectivity index (χ2v) is 10.1. The van der Waals surface area contributed by atoms with E-state index in [1.807, 2.05) is 24.3 Å². The lowest BCUT2D eigenvalue weighted by Crippen LogP contribution is -2.14. The molecule has 1 aromatic carbocycles. The van der Waals surface area contributed by atoms with E-state index in [2.05, 4.69) is 21.6 Å². The number of hydrogen-bond donors (Lipinski definition) is 1. The quantitative estimate of drug-likeness (QED) is 0.371. The van der Waals surface area contributed by atoms with Crippen LogP contribution in [0.15, 0.2) is 33.9 Å². The van der Waals surface area contributed by atoms with E-state index in [-0.39, 0.29) is 11.7 Å². The van der Waals surface area contributed by atoms with Crippen molar-refractivity contribution in [3.05, 3.63) is 45.3 Å². The fourth-order valence-electron chi connectivity index (χ4n) is 3.41. The zero-order valence-corrected chi connectivity index (χ0v) is 18.6. The molecule has 6 nitrogen and oxygen atoms in total. The number of carbonyl (C=O) groups excluding carboxylic acids is 1. The van der Waals surface area contributed by atoms with Crippen molar-refractivity contribution in [3.63, 3.8) is 0 Å². The molecule has 0 saturated heterocycles. The number of thiophene rings is 2. The SMILES string of the molecule is N#Cc1c(NC(=O)CSc2nnc(-c3sc4ccccc4c3Cl)o2)sc2c1CCC2. The lowest BCUT2D eigenvalue weighted by atomic mass is 10.1. The zero-order chi connectivity index (χ0) is 20.7. The van der Waals surface area contributed by atoms with Gasteiger partial charge in [-0.3, -0.25) is 4.79 Å². The maximum absolute atomic E-state index is 12.4. The Morgan fingerprint density at radius 3 is 3.00 bits per heavy atom. The topological polar surface area (TPSA) is 91.8 Å². The normalized spacial score (nSPS) is 12.8. The Labute approximate surface area is 188 Å². The predicted molar refractivity (Wildman–Crippen MR) is 121 cm³/mol. The van der Waals surface area contributed by atoms with Crippen molar-refractivity contribution in [1.29, 1.82) is 5.26 Å². The van der Waals surface area contributed by atoms with Gasteiger partial charge in [0.05, 0.1) is 16.3 Å². The van der Waals surface area contributed by atoms with Crippen molar-refractivity contribution >= 4 is 67.0 Å². The summed E-state index contributed by atoms with van der Waals surface area (Å²) in [5.41, 5.74) is 1.69. The Kier molecular flexibility index (Phi) is 5.25. The molecule has 0 unspecified atom stereocenters. The summed E-state index contributed by atoms with van der Waals surface area (Å²) in [7, 11) is 0. The highest BCUT2D eigenvalue weighted by Gasteiger charge is 2.23. The van der Waals surface area contributed by atoms with Gasteiger partial charge < -0.3 is 9.73 Å². The first-order chi connectivity index (χ1) is 14.6. The third-order valence-electron chi connectivity index (χ3n) is 4.75. The van der Waals surface area contributed by atoms with Gasteiger partial charge in [-0.25, -0.2) is 0 Å². The molecule has 3 heterocycles. The molecule has 1 amide bonds. The van der Waals surface area contributed by atoms with E-state index in [0.29, 0.717) is 31.6 Å². The lowest BCUT2D eigenvalue weighted by Gasteiger charge is -2.02. The minimum atomic E-state index is -0.212. The van der Waals surface area contributed by atoms with Gasteiger partial charge in [0.25, 0.3) is 11.1 Å². The molecule has 1 aliphatic carbocycles. The van der Waals surface area contributed by atoms with Crippen LogP contribution in [0.25, 0.3) is 20.9 Å². The van der Waals surface area contributed by atoms with Crippen molar-refractivity contribution in [2.45, 2.75) is 24.5 Å². The monoisotopic (exact) mass is 472 g/mol. The summed E-state index contributed by atoms with van der Waals surface area (Å²) >= 11 is 10.6. The number of nitrogens with zero attached hydrogens (tertiary/aromatic N) is 3. The Bertz CT molecular complexity index is 1320. The summed E-state index contributed by atoms with van der Waals surface area (Å²) in [5.74, 6) is 0.233. The summed E-state index contributed by atoms with van der Waals surface area (Å²) in [5, 5.41) is 22.9. The van der Waals surface area contributed by atoms with Gasteiger partial charge in [0.2, 0.25) is 5.91 Å². The Morgan fingerprint density at radius 1 is 1.30 bits per heavy atom. The Balaban J connectivity index is 1.27. The summed E-state index contributed by atoms with van der Waals surface area (Å²) in [6, 6.07) is 10.0. The number of halogens is 1. The molecule has 0 saturated carbocycles. The molecule has 0 aliphatic heterocycles. The number of aromatic nitrogens is 2. The molecule has 0 bridgehead atoms. The molecule has 10 heteroatoms. The summed E-state index contributed by atoms with van der Waals surface area (Å²) in [4.78, 5) is 14.3. The molecule has 4 aromatic rings. The van der Waals surface area contributed by atoms with Crippen LogP contribution in [-0.2, 0) is 17.6 Å². The van der Waals surface area contributed by atoms with E-state index in [9.17, 15) is 10.1 Å². The van der Waals surface area contributed by atoms with E-state index in [0.717, 1.165) is 46.7 Å². The first-order valence-electron chi connectivity index (χ1n) is 9.12. The van der Waals surface area contributed by atoms with Gasteiger partial charge in [-0.05, 0) is 30.9 Å². The maximum Gasteiger partial charge on any atom is 0.277 e. The molecule has 150 valence electrons. The van der Waals surface area contributed by atoms with Crippen LogP contribution in [0, 0.1) is 11.3 Å². The van der Waals surface area contributed by atoms with Crippen LogP contribution in [0.2, 0.25) is 5.02 Å². The second kappa shape index (κ2) is 8.04. The number of benzene rings is 1. The average molecular weight is 473 g/mol. The van der Waals surface area contributed by atoms with Crippen molar-refractivity contribution in [2.24, 2.45) is 0 Å². The van der Waals surface area contributed by atoms with Crippen LogP contribution in [-0.4, -0.2) is 21.9 Å². The van der Waals surface area contributed by atoms with Crippen LogP contribution in [0.5, 0.6) is 0 Å². The molecular weight excluding hydrogens is 460 g/mol. The van der Waals surface area contributed by atoms with E-state index in [1.165, 1.54) is 27.6 Å². The van der Waals surface area contributed by atoms with Gasteiger partial charge in [-0.15, -0.1) is 32.9 Å². The molecular formula is C20H13ClN4O2S3. The number of fused-ring (bicyclic) bond motifs is 2. The standard InChI is InChI=1S/C20H13ClN4O2S3/c21-16-11-4-1-2-6-14(11)29-17(16)18-24-25-20(27-18)28-9-15(26)23-19-12(8-22)10-5-3-7-13(10)30-19/h1-2,4,6H,3,5,7,9H2,(H,23,26). The molecule has 0 fully saturated rings. The Morgan fingerprint density at radius 2 is 2.17 bits per heavy atom. The fraction of sp³-hybridized carbons (Fsp3) is 0.200. The average Bonchev–Trinajstić information content (AvgIpc) is 3.50. The second-order valence-electron chi connectivity index (χ2n) is 6.62. The van der Waals surface area contributed by atoms with Gasteiger partial charge >= 0.3 is 0 Å². The van der Waals surface area contributed by atoms with E-state index in [1.54, 1.807) is 0 Å². The zero-order valence-electron chi connectivity index (χ0n) is 15.4.